The van der Waals surface area contributed by atoms with Crippen molar-refractivity contribution >= 4 is 5.52 Å². The number of hydrogen-bond acceptors (Lipinski definition) is 3. The van der Waals surface area contributed by atoms with Crippen molar-refractivity contribution in [2.45, 2.75) is 13.5 Å². The lowest BCUT2D eigenvalue weighted by atomic mass is 10.4. The Bertz CT molecular complexity index is 418. The summed E-state index contributed by atoms with van der Waals surface area (Å²) in [5, 5.41) is 7.42. The minimum atomic E-state index is 0.793. The first-order valence-electron chi connectivity index (χ1n) is 4.26. The number of hydrogen-bond donors (Lipinski definition) is 1. The van der Waals surface area contributed by atoms with Gasteiger partial charge in [0.05, 0.1) is 17.4 Å². The molecule has 2 aromatic rings. The molecule has 0 saturated carbocycles. The van der Waals surface area contributed by atoms with Crippen LogP contribution in [0.3, 0.4) is 0 Å². The molecule has 0 aliphatic carbocycles. The molecule has 0 bridgehead atoms. The van der Waals surface area contributed by atoms with Crippen molar-refractivity contribution in [1.29, 1.82) is 0 Å². The summed E-state index contributed by atoms with van der Waals surface area (Å²) in [5.74, 6) is 0.793. The van der Waals surface area contributed by atoms with Gasteiger partial charge in [0, 0.05) is 6.54 Å². The van der Waals surface area contributed by atoms with Crippen molar-refractivity contribution in [3.05, 3.63) is 29.8 Å². The third kappa shape index (κ3) is 1.40. The Labute approximate surface area is 76.6 Å². The van der Waals surface area contributed by atoms with E-state index in [0.717, 1.165) is 23.6 Å². The maximum Gasteiger partial charge on any atom is 0.146 e. The zero-order valence-electron chi connectivity index (χ0n) is 7.78. The summed E-state index contributed by atoms with van der Waals surface area (Å²) in [6, 6.07) is 4.08. The van der Waals surface area contributed by atoms with Crippen molar-refractivity contribution in [3.8, 4) is 0 Å². The summed E-state index contributed by atoms with van der Waals surface area (Å²) < 4.78 is 1.92. The lowest BCUT2D eigenvalue weighted by Crippen LogP contribution is -2.09. The van der Waals surface area contributed by atoms with Gasteiger partial charge in [-0.3, -0.25) is 0 Å². The first-order chi connectivity index (χ1) is 6.31. The van der Waals surface area contributed by atoms with E-state index in [0.29, 0.717) is 0 Å². The molecule has 0 aliphatic rings. The van der Waals surface area contributed by atoms with Crippen molar-refractivity contribution in [1.82, 2.24) is 19.9 Å². The lowest BCUT2D eigenvalue weighted by molar-refractivity contribution is 0.732. The molecule has 0 spiro atoms. The topological polar surface area (TPSA) is 42.2 Å². The molecular weight excluding hydrogens is 164 g/mol. The average Bonchev–Trinajstić information content (AvgIpc) is 2.49. The first-order valence-corrected chi connectivity index (χ1v) is 4.26. The van der Waals surface area contributed by atoms with Crippen LogP contribution >= 0.6 is 0 Å². The van der Waals surface area contributed by atoms with E-state index in [1.807, 2.05) is 30.8 Å². The summed E-state index contributed by atoms with van der Waals surface area (Å²) in [6.07, 6.45) is 1.83. The molecule has 4 heteroatoms. The van der Waals surface area contributed by atoms with Gasteiger partial charge < -0.3 is 5.32 Å². The van der Waals surface area contributed by atoms with Crippen LogP contribution in [0.1, 0.15) is 11.5 Å². The van der Waals surface area contributed by atoms with Crippen LogP contribution in [0, 0.1) is 6.92 Å². The van der Waals surface area contributed by atoms with Crippen LogP contribution < -0.4 is 5.32 Å². The molecule has 2 aromatic heterocycles. The summed E-state index contributed by atoms with van der Waals surface area (Å²) in [5.41, 5.74) is 2.19. The van der Waals surface area contributed by atoms with E-state index in [1.54, 1.807) is 0 Å². The van der Waals surface area contributed by atoms with E-state index in [-0.39, 0.29) is 0 Å². The third-order valence-corrected chi connectivity index (χ3v) is 1.95. The Morgan fingerprint density at radius 2 is 2.31 bits per heavy atom. The number of rotatable bonds is 2. The fourth-order valence-corrected chi connectivity index (χ4v) is 1.35. The van der Waals surface area contributed by atoms with Crippen LogP contribution in [-0.4, -0.2) is 21.6 Å². The highest BCUT2D eigenvalue weighted by molar-refractivity contribution is 5.46. The Morgan fingerprint density at radius 3 is 3.08 bits per heavy atom. The number of nitrogens with zero attached hydrogens (tertiary/aromatic N) is 3. The van der Waals surface area contributed by atoms with Gasteiger partial charge in [0.2, 0.25) is 0 Å². The highest BCUT2D eigenvalue weighted by Gasteiger charge is 2.01. The Balaban J connectivity index is 2.58. The molecule has 4 nitrogen and oxygen atoms in total. The Hall–Kier alpha value is -1.42. The van der Waals surface area contributed by atoms with Crippen molar-refractivity contribution < 1.29 is 0 Å². The molecule has 0 amide bonds. The molecular formula is C9H12N4. The van der Waals surface area contributed by atoms with Gasteiger partial charge in [0.25, 0.3) is 0 Å². The number of nitrogens with one attached hydrogen (secondary N) is 1. The Morgan fingerprint density at radius 1 is 1.46 bits per heavy atom. The third-order valence-electron chi connectivity index (χ3n) is 1.95. The molecule has 0 unspecified atom stereocenters. The number of aromatic nitrogens is 3. The van der Waals surface area contributed by atoms with Crippen LogP contribution in [0.25, 0.3) is 5.52 Å². The number of aryl methyl sites for hydroxylation is 1. The highest BCUT2D eigenvalue weighted by atomic mass is 15.3. The molecule has 0 fully saturated rings. The second kappa shape index (κ2) is 3.14. The van der Waals surface area contributed by atoms with Gasteiger partial charge in [-0.1, -0.05) is 0 Å². The fraction of sp³-hybridized carbons (Fsp3) is 0.333. The maximum absolute atomic E-state index is 4.32. The molecule has 2 heterocycles. The van der Waals surface area contributed by atoms with Crippen molar-refractivity contribution in [2.75, 3.05) is 7.05 Å². The van der Waals surface area contributed by atoms with Gasteiger partial charge in [0.15, 0.2) is 0 Å². The van der Waals surface area contributed by atoms with Crippen LogP contribution in [0.2, 0.25) is 0 Å². The second-order valence-electron chi connectivity index (χ2n) is 3.00. The zero-order chi connectivity index (χ0) is 9.26. The predicted molar refractivity (Wildman–Crippen MR) is 50.5 cm³/mol. The van der Waals surface area contributed by atoms with E-state index >= 15 is 0 Å². The van der Waals surface area contributed by atoms with Gasteiger partial charge in [0.1, 0.15) is 5.82 Å². The number of fused-ring (bicyclic) bond motifs is 1. The van der Waals surface area contributed by atoms with E-state index in [2.05, 4.69) is 21.5 Å². The fourth-order valence-electron chi connectivity index (χ4n) is 1.35. The summed E-state index contributed by atoms with van der Waals surface area (Å²) in [6.45, 7) is 2.72. The van der Waals surface area contributed by atoms with E-state index < -0.39 is 0 Å². The van der Waals surface area contributed by atoms with E-state index in [1.165, 1.54) is 0 Å². The summed E-state index contributed by atoms with van der Waals surface area (Å²) in [4.78, 5) is 4.13. The van der Waals surface area contributed by atoms with Crippen LogP contribution in [0.4, 0.5) is 0 Å². The van der Waals surface area contributed by atoms with Crippen molar-refractivity contribution in [2.24, 2.45) is 0 Å². The monoisotopic (exact) mass is 176 g/mol. The largest absolute Gasteiger partial charge is 0.314 e. The smallest absolute Gasteiger partial charge is 0.146 e. The van der Waals surface area contributed by atoms with Gasteiger partial charge >= 0.3 is 0 Å². The van der Waals surface area contributed by atoms with E-state index in [4.69, 9.17) is 0 Å². The summed E-state index contributed by atoms with van der Waals surface area (Å²) >= 11 is 0. The standard InChI is InChI=1S/C9H12N4/c1-7-11-6-9-4-3-8(5-10-2)13(9)12-7/h3-4,6,10H,5H2,1-2H3. The molecule has 0 atom stereocenters. The lowest BCUT2D eigenvalue weighted by Gasteiger charge is -2.00. The minimum absolute atomic E-state index is 0.793. The maximum atomic E-state index is 4.32. The molecule has 0 aliphatic heterocycles. The van der Waals surface area contributed by atoms with Gasteiger partial charge in [-0.2, -0.15) is 5.10 Å². The highest BCUT2D eigenvalue weighted by Crippen LogP contribution is 2.06. The molecule has 1 N–H and O–H groups in total. The molecule has 13 heavy (non-hydrogen) atoms. The van der Waals surface area contributed by atoms with Gasteiger partial charge in [-0.25, -0.2) is 9.50 Å². The van der Waals surface area contributed by atoms with Crippen LogP contribution in [-0.2, 0) is 6.54 Å². The second-order valence-corrected chi connectivity index (χ2v) is 3.00. The average molecular weight is 176 g/mol. The minimum Gasteiger partial charge on any atom is -0.314 e. The molecule has 0 aromatic carbocycles. The molecule has 68 valence electrons. The summed E-state index contributed by atoms with van der Waals surface area (Å²) in [7, 11) is 1.92. The molecule has 0 radical (unpaired) electrons. The van der Waals surface area contributed by atoms with Crippen molar-refractivity contribution in [3.63, 3.8) is 0 Å². The van der Waals surface area contributed by atoms with Gasteiger partial charge in [-0.15, -0.1) is 0 Å². The van der Waals surface area contributed by atoms with E-state index in [9.17, 15) is 0 Å². The molecule has 2 rings (SSSR count). The Kier molecular flexibility index (Phi) is 1.98. The molecule has 0 saturated heterocycles. The van der Waals surface area contributed by atoms with Crippen LogP contribution in [0.5, 0.6) is 0 Å². The van der Waals surface area contributed by atoms with Gasteiger partial charge in [-0.05, 0) is 26.1 Å². The zero-order valence-corrected chi connectivity index (χ0v) is 7.78. The SMILES string of the molecule is CNCc1ccc2cnc(C)nn12. The predicted octanol–water partition coefficient (Wildman–Crippen LogP) is 0.757. The normalized spacial score (nSPS) is 10.9. The first kappa shape index (κ1) is 8.19. The van der Waals surface area contributed by atoms with Crippen LogP contribution in [0.15, 0.2) is 18.3 Å². The quantitative estimate of drug-likeness (QED) is 0.734.